The molecule has 0 atom stereocenters. The van der Waals surface area contributed by atoms with Crippen molar-refractivity contribution in [2.75, 3.05) is 0 Å². The van der Waals surface area contributed by atoms with Crippen molar-refractivity contribution in [2.45, 2.75) is 23.6 Å². The maximum Gasteiger partial charge on any atom is 0.146 e. The molecule has 7 rings (SSSR count). The van der Waals surface area contributed by atoms with Gasteiger partial charge in [-0.3, -0.25) is 4.40 Å². The van der Waals surface area contributed by atoms with Crippen LogP contribution in [-0.2, 0) is 4.75 Å². The molecule has 0 aliphatic carbocycles. The molecule has 2 nitrogen and oxygen atoms in total. The van der Waals surface area contributed by atoms with E-state index in [-0.39, 0.29) is 4.75 Å². The van der Waals surface area contributed by atoms with Crippen LogP contribution in [0.1, 0.15) is 27.9 Å². The molecule has 4 aromatic carbocycles. The topological polar surface area (TPSA) is 17.3 Å². The maximum absolute atomic E-state index is 5.12. The Balaban J connectivity index is 1.78. The number of benzene rings is 4. The highest BCUT2D eigenvalue weighted by molar-refractivity contribution is 8.00. The average molecular weight is 443 g/mol. The van der Waals surface area contributed by atoms with Crippen molar-refractivity contribution in [1.82, 2.24) is 9.38 Å². The van der Waals surface area contributed by atoms with Gasteiger partial charge in [0.25, 0.3) is 0 Å². The summed E-state index contributed by atoms with van der Waals surface area (Å²) in [5, 5.41) is 5.04. The van der Waals surface area contributed by atoms with Gasteiger partial charge in [-0.25, -0.2) is 4.98 Å². The fraction of sp³-hybridized carbons (Fsp3) is 0.100. The first-order valence-corrected chi connectivity index (χ1v) is 12.2. The molecule has 158 valence electrons. The van der Waals surface area contributed by atoms with Crippen molar-refractivity contribution in [3.8, 4) is 0 Å². The summed E-state index contributed by atoms with van der Waals surface area (Å²) in [6.45, 7) is 4.38. The molecule has 2 aromatic heterocycles. The molecule has 6 aromatic rings. The fourth-order valence-corrected chi connectivity index (χ4v) is 7.14. The third kappa shape index (κ3) is 2.38. The van der Waals surface area contributed by atoms with Gasteiger partial charge in [-0.05, 0) is 35.9 Å². The molecule has 0 spiro atoms. The Morgan fingerprint density at radius 3 is 1.97 bits per heavy atom. The fourth-order valence-electron chi connectivity index (χ4n) is 5.61. The molecule has 0 unspecified atom stereocenters. The molecule has 1 aliphatic heterocycles. The molecule has 0 fully saturated rings. The molecule has 0 N–H and O–H groups in total. The van der Waals surface area contributed by atoms with Crippen LogP contribution in [0.15, 0.2) is 102 Å². The van der Waals surface area contributed by atoms with E-state index in [9.17, 15) is 0 Å². The number of imidazole rings is 1. The van der Waals surface area contributed by atoms with E-state index in [1.54, 1.807) is 0 Å². The normalized spacial score (nSPS) is 14.5. The second-order valence-corrected chi connectivity index (χ2v) is 10.1. The van der Waals surface area contributed by atoms with Crippen molar-refractivity contribution in [3.05, 3.63) is 125 Å². The van der Waals surface area contributed by atoms with E-state index in [4.69, 9.17) is 4.98 Å². The third-order valence-corrected chi connectivity index (χ3v) is 8.70. The quantitative estimate of drug-likeness (QED) is 0.256. The number of thioether (sulfide) groups is 1. The van der Waals surface area contributed by atoms with Gasteiger partial charge in [-0.1, -0.05) is 109 Å². The molecule has 3 heteroatoms. The Hall–Kier alpha value is -3.56. The predicted octanol–water partition coefficient (Wildman–Crippen LogP) is 7.66. The lowest BCUT2D eigenvalue weighted by Gasteiger charge is -2.39. The van der Waals surface area contributed by atoms with E-state index in [0.717, 1.165) is 11.3 Å². The number of nitrogens with zero attached hydrogens (tertiary/aromatic N) is 2. The number of rotatable bonds is 2. The van der Waals surface area contributed by atoms with Crippen LogP contribution in [0.5, 0.6) is 0 Å². The second-order valence-electron chi connectivity index (χ2n) is 8.88. The number of pyridine rings is 1. The van der Waals surface area contributed by atoms with Gasteiger partial charge >= 0.3 is 0 Å². The van der Waals surface area contributed by atoms with Crippen LogP contribution in [-0.4, -0.2) is 9.38 Å². The third-order valence-electron chi connectivity index (χ3n) is 7.03. The maximum atomic E-state index is 5.12. The van der Waals surface area contributed by atoms with E-state index < -0.39 is 0 Å². The first-order valence-electron chi connectivity index (χ1n) is 11.3. The van der Waals surface area contributed by atoms with Crippen LogP contribution in [0.4, 0.5) is 0 Å². The van der Waals surface area contributed by atoms with Gasteiger partial charge in [0.05, 0.1) is 16.0 Å². The minimum absolute atomic E-state index is 0.356. The predicted molar refractivity (Wildman–Crippen MR) is 138 cm³/mol. The molecular formula is C30H22N2S. The van der Waals surface area contributed by atoms with Crippen molar-refractivity contribution < 1.29 is 0 Å². The zero-order valence-corrected chi connectivity index (χ0v) is 19.4. The summed E-state index contributed by atoms with van der Waals surface area (Å²) in [6, 6.07) is 35.3. The van der Waals surface area contributed by atoms with E-state index in [0.29, 0.717) is 0 Å². The molecule has 0 bridgehead atoms. The van der Waals surface area contributed by atoms with Crippen LogP contribution >= 0.6 is 11.8 Å². The van der Waals surface area contributed by atoms with Crippen LogP contribution in [0.25, 0.3) is 27.3 Å². The molecule has 3 heterocycles. The van der Waals surface area contributed by atoms with Gasteiger partial charge in [-0.15, -0.1) is 0 Å². The minimum Gasteiger partial charge on any atom is -0.286 e. The van der Waals surface area contributed by atoms with E-state index in [1.807, 2.05) is 11.8 Å². The standard InChI is InChI=1S/C30H22N2S/c1-19-17-18-25-27-26(19)23-15-9-10-16-24(23)28-31-20(2)29(32(27)28)33-30(25,21-11-5-3-6-12-21)22-13-7-4-8-14-22/h3-18H,1-2H3. The van der Waals surface area contributed by atoms with Gasteiger partial charge in [0.2, 0.25) is 0 Å². The Labute approximate surface area is 196 Å². The van der Waals surface area contributed by atoms with E-state index >= 15 is 0 Å². The van der Waals surface area contributed by atoms with Gasteiger partial charge in [-0.2, -0.15) is 0 Å². The number of hydrogen-bond acceptors (Lipinski definition) is 2. The summed E-state index contributed by atoms with van der Waals surface area (Å²) in [5.74, 6) is 0. The average Bonchev–Trinajstić information content (AvgIpc) is 3.21. The highest BCUT2D eigenvalue weighted by Crippen LogP contribution is 2.57. The zero-order valence-electron chi connectivity index (χ0n) is 18.5. The molecule has 0 saturated heterocycles. The minimum atomic E-state index is -0.356. The van der Waals surface area contributed by atoms with Crippen LogP contribution in [0, 0.1) is 13.8 Å². The van der Waals surface area contributed by atoms with Crippen LogP contribution < -0.4 is 0 Å². The SMILES string of the molecule is Cc1nc2c3ccccc3c3c(C)ccc4c3n2c1SC4(c1ccccc1)c1ccccc1. The summed E-state index contributed by atoms with van der Waals surface area (Å²) in [7, 11) is 0. The lowest BCUT2D eigenvalue weighted by molar-refractivity contribution is 0.864. The van der Waals surface area contributed by atoms with Crippen LogP contribution in [0.3, 0.4) is 0 Å². The van der Waals surface area contributed by atoms with Gasteiger partial charge in [0, 0.05) is 16.3 Å². The first kappa shape index (κ1) is 19.0. The summed E-state index contributed by atoms with van der Waals surface area (Å²) in [5.41, 5.74) is 8.63. The van der Waals surface area contributed by atoms with Crippen molar-refractivity contribution in [3.63, 3.8) is 0 Å². The van der Waals surface area contributed by atoms with Crippen molar-refractivity contribution >= 4 is 39.1 Å². The summed E-state index contributed by atoms with van der Waals surface area (Å²) in [4.78, 5) is 5.12. The summed E-state index contributed by atoms with van der Waals surface area (Å²) < 4.78 is 2.06. The smallest absolute Gasteiger partial charge is 0.146 e. The molecule has 33 heavy (non-hydrogen) atoms. The monoisotopic (exact) mass is 442 g/mol. The number of fused-ring (bicyclic) bond motifs is 3. The van der Waals surface area contributed by atoms with Gasteiger partial charge < -0.3 is 0 Å². The molecule has 0 saturated carbocycles. The largest absolute Gasteiger partial charge is 0.286 e. The Morgan fingerprint density at radius 2 is 1.30 bits per heavy atom. The molecule has 1 aliphatic rings. The van der Waals surface area contributed by atoms with E-state index in [1.165, 1.54) is 49.0 Å². The molecule has 0 radical (unpaired) electrons. The lowest BCUT2D eigenvalue weighted by atomic mass is 9.81. The lowest BCUT2D eigenvalue weighted by Crippen LogP contribution is -2.29. The summed E-state index contributed by atoms with van der Waals surface area (Å²) in [6.07, 6.45) is 0. The number of aryl methyl sites for hydroxylation is 2. The first-order chi connectivity index (χ1) is 16.2. The Kier molecular flexibility index (Phi) is 3.86. The van der Waals surface area contributed by atoms with Gasteiger partial charge in [0.15, 0.2) is 0 Å². The van der Waals surface area contributed by atoms with Crippen molar-refractivity contribution in [1.29, 1.82) is 0 Å². The zero-order chi connectivity index (χ0) is 22.2. The molecular weight excluding hydrogens is 420 g/mol. The van der Waals surface area contributed by atoms with Gasteiger partial charge in [0.1, 0.15) is 10.7 Å². The number of aromatic nitrogens is 2. The second kappa shape index (κ2) is 6.72. The van der Waals surface area contributed by atoms with Crippen LogP contribution in [0.2, 0.25) is 0 Å². The number of hydrogen-bond donors (Lipinski definition) is 0. The van der Waals surface area contributed by atoms with E-state index in [2.05, 4.69) is 115 Å². The molecule has 0 amide bonds. The highest BCUT2D eigenvalue weighted by Gasteiger charge is 2.44. The Bertz CT molecular complexity index is 1660. The Morgan fingerprint density at radius 1 is 0.697 bits per heavy atom. The van der Waals surface area contributed by atoms with Crippen molar-refractivity contribution in [2.24, 2.45) is 0 Å². The highest BCUT2D eigenvalue weighted by atomic mass is 32.2. The summed E-state index contributed by atoms with van der Waals surface area (Å²) >= 11 is 1.92.